The molecule has 0 aromatic heterocycles. The minimum Gasteiger partial charge on any atom is -0.392 e. The summed E-state index contributed by atoms with van der Waals surface area (Å²) in [6.45, 7) is 3.33. The first-order valence-electron chi connectivity index (χ1n) is 7.54. The van der Waals surface area contributed by atoms with Crippen molar-refractivity contribution in [1.82, 2.24) is 4.72 Å². The molecule has 0 saturated heterocycles. The van der Waals surface area contributed by atoms with Crippen LogP contribution >= 0.6 is 15.9 Å². The van der Waals surface area contributed by atoms with Crippen LogP contribution in [0.2, 0.25) is 0 Å². The van der Waals surface area contributed by atoms with Crippen molar-refractivity contribution < 1.29 is 18.3 Å². The first kappa shape index (κ1) is 19.6. The fourth-order valence-corrected chi connectivity index (χ4v) is 3.39. The smallest absolute Gasteiger partial charge is 0.255 e. The third-order valence-corrected chi connectivity index (χ3v) is 5.74. The molecule has 134 valence electrons. The number of hydrogen-bond acceptors (Lipinski definition) is 4. The maximum Gasteiger partial charge on any atom is 0.255 e. The van der Waals surface area contributed by atoms with Crippen molar-refractivity contribution in [3.8, 4) is 0 Å². The Morgan fingerprint density at radius 3 is 2.40 bits per heavy atom. The number of sulfonamides is 1. The van der Waals surface area contributed by atoms with E-state index in [1.807, 2.05) is 19.1 Å². The third-order valence-electron chi connectivity index (χ3n) is 3.41. The van der Waals surface area contributed by atoms with Gasteiger partial charge >= 0.3 is 0 Å². The van der Waals surface area contributed by atoms with Crippen molar-refractivity contribution in [2.24, 2.45) is 0 Å². The topological polar surface area (TPSA) is 95.5 Å². The Labute approximate surface area is 155 Å². The quantitative estimate of drug-likeness (QED) is 0.661. The third kappa shape index (κ3) is 5.37. The number of anilines is 1. The second-order valence-electron chi connectivity index (χ2n) is 5.64. The van der Waals surface area contributed by atoms with E-state index in [9.17, 15) is 18.3 Å². The van der Waals surface area contributed by atoms with Crippen LogP contribution in [0.4, 0.5) is 5.69 Å². The van der Waals surface area contributed by atoms with Crippen molar-refractivity contribution in [1.29, 1.82) is 0 Å². The Hall–Kier alpha value is -1.74. The van der Waals surface area contributed by atoms with Gasteiger partial charge in [-0.25, -0.2) is 13.1 Å². The van der Waals surface area contributed by atoms with E-state index >= 15 is 0 Å². The molecule has 0 radical (unpaired) electrons. The van der Waals surface area contributed by atoms with Gasteiger partial charge in [0.25, 0.3) is 5.91 Å². The zero-order chi connectivity index (χ0) is 18.6. The van der Waals surface area contributed by atoms with E-state index in [4.69, 9.17) is 0 Å². The summed E-state index contributed by atoms with van der Waals surface area (Å²) in [6, 6.07) is 11.0. The number of hydrogen-bond donors (Lipinski definition) is 3. The standard InChI is InChI=1S/C17H19BrN2O4S/c1-11-9-14(5-8-16(11)18)20-17(22)13-3-6-15(7-4-13)25(23,24)19-10-12(2)21/h3-9,12,19,21H,10H2,1-2H3,(H,20,22). The minimum atomic E-state index is -3.71. The van der Waals surface area contributed by atoms with Crippen LogP contribution in [0, 0.1) is 6.92 Å². The molecule has 1 atom stereocenters. The monoisotopic (exact) mass is 426 g/mol. The van der Waals surface area contributed by atoms with E-state index in [0.29, 0.717) is 11.3 Å². The molecule has 0 aliphatic rings. The first-order chi connectivity index (χ1) is 11.7. The van der Waals surface area contributed by atoms with Crippen LogP contribution in [0.3, 0.4) is 0 Å². The molecule has 0 spiro atoms. The van der Waals surface area contributed by atoms with Gasteiger partial charge in [-0.05, 0) is 61.9 Å². The van der Waals surface area contributed by atoms with Crippen molar-refractivity contribution in [2.75, 3.05) is 11.9 Å². The molecule has 25 heavy (non-hydrogen) atoms. The molecule has 2 aromatic carbocycles. The summed E-state index contributed by atoms with van der Waals surface area (Å²) in [7, 11) is -3.71. The van der Waals surface area contributed by atoms with Crippen molar-refractivity contribution >= 4 is 37.5 Å². The van der Waals surface area contributed by atoms with Gasteiger partial charge in [0.15, 0.2) is 0 Å². The van der Waals surface area contributed by atoms with Gasteiger partial charge in [0, 0.05) is 22.3 Å². The van der Waals surface area contributed by atoms with Gasteiger partial charge < -0.3 is 10.4 Å². The predicted octanol–water partition coefficient (Wildman–Crippen LogP) is 2.67. The molecule has 1 unspecified atom stereocenters. The molecule has 8 heteroatoms. The summed E-state index contributed by atoms with van der Waals surface area (Å²) >= 11 is 3.40. The molecule has 0 aliphatic heterocycles. The number of aliphatic hydroxyl groups is 1. The second kappa shape index (κ2) is 8.09. The molecule has 0 saturated carbocycles. The number of nitrogens with one attached hydrogen (secondary N) is 2. The molecule has 0 bridgehead atoms. The van der Waals surface area contributed by atoms with Crippen molar-refractivity contribution in [3.05, 3.63) is 58.1 Å². The van der Waals surface area contributed by atoms with Gasteiger partial charge in [0.1, 0.15) is 0 Å². The lowest BCUT2D eigenvalue weighted by atomic mass is 10.2. The van der Waals surface area contributed by atoms with E-state index in [-0.39, 0.29) is 17.3 Å². The van der Waals surface area contributed by atoms with Crippen LogP contribution in [-0.4, -0.2) is 32.1 Å². The molecule has 2 rings (SSSR count). The highest BCUT2D eigenvalue weighted by atomic mass is 79.9. The number of rotatable bonds is 6. The summed E-state index contributed by atoms with van der Waals surface area (Å²) in [4.78, 5) is 12.3. The second-order valence-corrected chi connectivity index (χ2v) is 8.26. The number of carbonyl (C=O) groups is 1. The maximum atomic E-state index is 12.3. The molecular formula is C17H19BrN2O4S. The number of carbonyl (C=O) groups excluding carboxylic acids is 1. The van der Waals surface area contributed by atoms with Crippen LogP contribution in [-0.2, 0) is 10.0 Å². The maximum absolute atomic E-state index is 12.3. The van der Waals surface area contributed by atoms with Gasteiger partial charge in [0.2, 0.25) is 10.0 Å². The van der Waals surface area contributed by atoms with Gasteiger partial charge in [0.05, 0.1) is 11.0 Å². The Balaban J connectivity index is 2.10. The van der Waals surface area contributed by atoms with Crippen LogP contribution in [0.25, 0.3) is 0 Å². The van der Waals surface area contributed by atoms with Crippen LogP contribution < -0.4 is 10.0 Å². The van der Waals surface area contributed by atoms with Crippen LogP contribution in [0.5, 0.6) is 0 Å². The van der Waals surface area contributed by atoms with Gasteiger partial charge in [-0.1, -0.05) is 15.9 Å². The van der Waals surface area contributed by atoms with E-state index < -0.39 is 16.1 Å². The molecule has 1 amide bonds. The van der Waals surface area contributed by atoms with E-state index in [1.54, 1.807) is 6.07 Å². The summed E-state index contributed by atoms with van der Waals surface area (Å²) in [5.41, 5.74) is 1.99. The normalized spacial score (nSPS) is 12.6. The largest absolute Gasteiger partial charge is 0.392 e. The Kier molecular flexibility index (Phi) is 6.34. The zero-order valence-corrected chi connectivity index (χ0v) is 16.2. The van der Waals surface area contributed by atoms with Crippen molar-refractivity contribution in [3.63, 3.8) is 0 Å². The lowest BCUT2D eigenvalue weighted by Gasteiger charge is -2.10. The van der Waals surface area contributed by atoms with Gasteiger partial charge in [-0.2, -0.15) is 0 Å². The Morgan fingerprint density at radius 2 is 1.84 bits per heavy atom. The van der Waals surface area contributed by atoms with Gasteiger partial charge in [-0.15, -0.1) is 0 Å². The molecule has 2 aromatic rings. The fourth-order valence-electron chi connectivity index (χ4n) is 2.02. The van der Waals surface area contributed by atoms with Crippen LogP contribution in [0.15, 0.2) is 51.8 Å². The zero-order valence-electron chi connectivity index (χ0n) is 13.8. The number of benzene rings is 2. The predicted molar refractivity (Wildman–Crippen MR) is 100 cm³/mol. The number of amides is 1. The SMILES string of the molecule is Cc1cc(NC(=O)c2ccc(S(=O)(=O)NCC(C)O)cc2)ccc1Br. The molecule has 0 heterocycles. The molecule has 3 N–H and O–H groups in total. The van der Waals surface area contributed by atoms with E-state index in [1.165, 1.54) is 31.2 Å². The average molecular weight is 427 g/mol. The van der Waals surface area contributed by atoms with E-state index in [2.05, 4.69) is 26.0 Å². The molecule has 0 fully saturated rings. The Morgan fingerprint density at radius 1 is 1.20 bits per heavy atom. The first-order valence-corrected chi connectivity index (χ1v) is 9.82. The van der Waals surface area contributed by atoms with E-state index in [0.717, 1.165) is 10.0 Å². The summed E-state index contributed by atoms with van der Waals surface area (Å²) in [5, 5.41) is 11.9. The highest BCUT2D eigenvalue weighted by molar-refractivity contribution is 9.10. The molecular weight excluding hydrogens is 408 g/mol. The Bertz CT molecular complexity index is 865. The number of aryl methyl sites for hydroxylation is 1. The summed E-state index contributed by atoms with van der Waals surface area (Å²) < 4.78 is 27.3. The number of aliphatic hydroxyl groups excluding tert-OH is 1. The lowest BCUT2D eigenvalue weighted by molar-refractivity contribution is 0.102. The molecule has 6 nitrogen and oxygen atoms in total. The highest BCUT2D eigenvalue weighted by Crippen LogP contribution is 2.20. The fraction of sp³-hybridized carbons (Fsp3) is 0.235. The number of halogens is 1. The van der Waals surface area contributed by atoms with Crippen LogP contribution in [0.1, 0.15) is 22.8 Å². The lowest BCUT2D eigenvalue weighted by Crippen LogP contribution is -2.30. The molecule has 0 aliphatic carbocycles. The van der Waals surface area contributed by atoms with Gasteiger partial charge in [-0.3, -0.25) is 4.79 Å². The van der Waals surface area contributed by atoms with Crippen molar-refractivity contribution in [2.45, 2.75) is 24.8 Å². The average Bonchev–Trinajstić information content (AvgIpc) is 2.56. The summed E-state index contributed by atoms with van der Waals surface area (Å²) in [6.07, 6.45) is -0.783. The highest BCUT2D eigenvalue weighted by Gasteiger charge is 2.15. The minimum absolute atomic E-state index is 0.0317. The summed E-state index contributed by atoms with van der Waals surface area (Å²) in [5.74, 6) is -0.331.